The first kappa shape index (κ1) is 16.5. The maximum atomic E-state index is 12.6. The number of hydrogen-bond donors (Lipinski definition) is 2. The second-order valence-corrected chi connectivity index (χ2v) is 4.77. The number of carbonyl (C=O) groups is 1. The van der Waals surface area contributed by atoms with E-state index >= 15 is 0 Å². The zero-order valence-electron chi connectivity index (χ0n) is 12.0. The summed E-state index contributed by atoms with van der Waals surface area (Å²) in [6.07, 6.45) is -4.38. The topological polar surface area (TPSA) is 91.3 Å². The van der Waals surface area contributed by atoms with Gasteiger partial charge in [-0.3, -0.25) is 4.99 Å². The number of amides is 1. The second-order valence-electron chi connectivity index (χ2n) is 4.77. The van der Waals surface area contributed by atoms with E-state index in [9.17, 15) is 18.0 Å². The largest absolute Gasteiger partial charge is 0.463 e. The first-order valence-corrected chi connectivity index (χ1v) is 6.41. The fourth-order valence-corrected chi connectivity index (χ4v) is 1.99. The highest BCUT2D eigenvalue weighted by molar-refractivity contribution is 6.47. The number of alkyl halides is 3. The number of benzene rings is 1. The number of hydrogen-bond acceptors (Lipinski definition) is 3. The third-order valence-electron chi connectivity index (χ3n) is 3.12. The lowest BCUT2D eigenvalue weighted by molar-refractivity contribution is -0.137. The maximum Gasteiger partial charge on any atom is 0.433 e. The molecule has 23 heavy (non-hydrogen) atoms. The standard InChI is InChI=1S/C14H13F3N4O2/c1-21-7-19-10(12(18)20-13(22)23)6-11(21)8-2-4-9(5-3-8)14(15,16)17/h2-6H,7H2,1H3,(H2,18,20)(H,22,23). The molecule has 1 aliphatic heterocycles. The highest BCUT2D eigenvalue weighted by Crippen LogP contribution is 2.30. The molecule has 2 rings (SSSR count). The van der Waals surface area contributed by atoms with Gasteiger partial charge in [-0.1, -0.05) is 12.1 Å². The van der Waals surface area contributed by atoms with Crippen LogP contribution in [0, 0.1) is 0 Å². The van der Waals surface area contributed by atoms with E-state index < -0.39 is 17.8 Å². The number of amidine groups is 1. The lowest BCUT2D eigenvalue weighted by Gasteiger charge is -2.25. The van der Waals surface area contributed by atoms with Crippen molar-refractivity contribution in [3.05, 3.63) is 41.5 Å². The minimum Gasteiger partial charge on any atom is -0.463 e. The normalized spacial score (nSPS) is 16.0. The lowest BCUT2D eigenvalue weighted by atomic mass is 10.1. The molecule has 1 aliphatic rings. The Morgan fingerprint density at radius 2 is 1.96 bits per heavy atom. The van der Waals surface area contributed by atoms with E-state index in [1.54, 1.807) is 11.9 Å². The zero-order chi connectivity index (χ0) is 17.2. The number of carboxylic acid groups (broad SMARTS) is 1. The van der Waals surface area contributed by atoms with Crippen LogP contribution in [0.4, 0.5) is 18.0 Å². The summed E-state index contributed by atoms with van der Waals surface area (Å²) < 4.78 is 37.8. The van der Waals surface area contributed by atoms with Crippen LogP contribution in [0.5, 0.6) is 0 Å². The van der Waals surface area contributed by atoms with Crippen molar-refractivity contribution in [1.82, 2.24) is 4.90 Å². The summed E-state index contributed by atoms with van der Waals surface area (Å²) >= 11 is 0. The molecule has 1 heterocycles. The molecule has 9 heteroatoms. The Hall–Kier alpha value is -2.84. The SMILES string of the molecule is CN1CN=C(C(N)=NC(=O)O)C=C1c1ccc(C(F)(F)F)cc1. The molecule has 6 nitrogen and oxygen atoms in total. The monoisotopic (exact) mass is 326 g/mol. The van der Waals surface area contributed by atoms with Crippen molar-refractivity contribution in [2.75, 3.05) is 13.7 Å². The summed E-state index contributed by atoms with van der Waals surface area (Å²) in [4.78, 5) is 19.5. The van der Waals surface area contributed by atoms with Crippen molar-refractivity contribution < 1.29 is 23.1 Å². The molecule has 1 aromatic carbocycles. The summed E-state index contributed by atoms with van der Waals surface area (Å²) in [6, 6.07) is 4.62. The molecule has 0 aromatic heterocycles. The quantitative estimate of drug-likeness (QED) is 0.645. The van der Waals surface area contributed by atoms with Crippen molar-refractivity contribution in [1.29, 1.82) is 0 Å². The molecule has 0 radical (unpaired) electrons. The van der Waals surface area contributed by atoms with Crippen LogP contribution in [0.15, 0.2) is 40.3 Å². The summed E-state index contributed by atoms with van der Waals surface area (Å²) in [5.41, 5.74) is 6.05. The number of nitrogens with two attached hydrogens (primary N) is 1. The molecular formula is C14H13F3N4O2. The number of halogens is 3. The third-order valence-corrected chi connectivity index (χ3v) is 3.12. The molecule has 0 spiro atoms. The number of rotatable bonds is 2. The summed E-state index contributed by atoms with van der Waals surface area (Å²) in [5.74, 6) is -0.269. The predicted octanol–water partition coefficient (Wildman–Crippen LogP) is 2.43. The van der Waals surface area contributed by atoms with Gasteiger partial charge < -0.3 is 15.7 Å². The second kappa shape index (κ2) is 6.11. The molecule has 0 aliphatic carbocycles. The first-order chi connectivity index (χ1) is 10.7. The van der Waals surface area contributed by atoms with Crippen molar-refractivity contribution in [2.45, 2.75) is 6.18 Å². The molecule has 0 unspecified atom stereocenters. The number of nitrogens with zero attached hydrogens (tertiary/aromatic N) is 3. The van der Waals surface area contributed by atoms with Gasteiger partial charge in [-0.05, 0) is 23.8 Å². The summed E-state index contributed by atoms with van der Waals surface area (Å²) in [7, 11) is 1.70. The molecule has 0 atom stereocenters. The van der Waals surface area contributed by atoms with Crippen LogP contribution in [-0.2, 0) is 6.18 Å². The maximum absolute atomic E-state index is 12.6. The molecule has 1 aromatic rings. The van der Waals surface area contributed by atoms with E-state index in [2.05, 4.69) is 9.98 Å². The van der Waals surface area contributed by atoms with Crippen molar-refractivity contribution in [3.63, 3.8) is 0 Å². The first-order valence-electron chi connectivity index (χ1n) is 6.41. The van der Waals surface area contributed by atoms with Crippen molar-refractivity contribution >= 4 is 23.3 Å². The Morgan fingerprint density at radius 3 is 2.48 bits per heavy atom. The Morgan fingerprint density at radius 1 is 1.35 bits per heavy atom. The number of aliphatic imine (C=N–C) groups is 2. The van der Waals surface area contributed by atoms with E-state index in [1.165, 1.54) is 18.2 Å². The Bertz CT molecular complexity index is 706. The van der Waals surface area contributed by atoms with Crippen LogP contribution in [0.1, 0.15) is 11.1 Å². The van der Waals surface area contributed by atoms with Gasteiger partial charge in [0.2, 0.25) is 0 Å². The van der Waals surface area contributed by atoms with Gasteiger partial charge in [-0.2, -0.15) is 18.2 Å². The van der Waals surface area contributed by atoms with Crippen LogP contribution in [0.2, 0.25) is 0 Å². The minimum atomic E-state index is -4.41. The molecule has 122 valence electrons. The van der Waals surface area contributed by atoms with Gasteiger partial charge in [0.1, 0.15) is 12.4 Å². The van der Waals surface area contributed by atoms with Gasteiger partial charge in [0.05, 0.1) is 5.56 Å². The van der Waals surface area contributed by atoms with Gasteiger partial charge in [-0.15, -0.1) is 0 Å². The highest BCUT2D eigenvalue weighted by atomic mass is 19.4. The Kier molecular flexibility index (Phi) is 4.39. The fraction of sp³-hybridized carbons (Fsp3) is 0.214. The molecular weight excluding hydrogens is 313 g/mol. The fourth-order valence-electron chi connectivity index (χ4n) is 1.99. The highest BCUT2D eigenvalue weighted by Gasteiger charge is 2.30. The van der Waals surface area contributed by atoms with Gasteiger partial charge in [0, 0.05) is 12.7 Å². The van der Waals surface area contributed by atoms with Gasteiger partial charge in [-0.25, -0.2) is 4.79 Å². The van der Waals surface area contributed by atoms with E-state index in [1.807, 2.05) is 0 Å². The molecule has 0 saturated carbocycles. The van der Waals surface area contributed by atoms with Crippen LogP contribution in [-0.4, -0.2) is 41.4 Å². The van der Waals surface area contributed by atoms with Crippen LogP contribution in [0.25, 0.3) is 5.70 Å². The predicted molar refractivity (Wildman–Crippen MR) is 79.1 cm³/mol. The van der Waals surface area contributed by atoms with Gasteiger partial charge in [0.15, 0.2) is 5.84 Å². The van der Waals surface area contributed by atoms with Gasteiger partial charge in [0.25, 0.3) is 0 Å². The van der Waals surface area contributed by atoms with Crippen LogP contribution < -0.4 is 5.73 Å². The molecule has 0 fully saturated rings. The lowest BCUT2D eigenvalue weighted by Crippen LogP contribution is -2.30. The molecule has 1 amide bonds. The Balaban J connectivity index is 2.35. The third kappa shape index (κ3) is 3.87. The molecule has 3 N–H and O–H groups in total. The van der Waals surface area contributed by atoms with Crippen molar-refractivity contribution in [3.8, 4) is 0 Å². The average Bonchev–Trinajstić information content (AvgIpc) is 2.46. The zero-order valence-corrected chi connectivity index (χ0v) is 12.0. The smallest absolute Gasteiger partial charge is 0.433 e. The summed E-state index contributed by atoms with van der Waals surface area (Å²) in [5, 5.41) is 8.60. The molecule has 0 saturated heterocycles. The minimum absolute atomic E-state index is 0.167. The van der Waals surface area contributed by atoms with Gasteiger partial charge >= 0.3 is 12.3 Å². The Labute approximate surface area is 129 Å². The average molecular weight is 326 g/mol. The van der Waals surface area contributed by atoms with E-state index in [0.29, 0.717) is 11.3 Å². The van der Waals surface area contributed by atoms with E-state index in [4.69, 9.17) is 10.8 Å². The van der Waals surface area contributed by atoms with Crippen LogP contribution >= 0.6 is 0 Å². The molecule has 0 bridgehead atoms. The van der Waals surface area contributed by atoms with Crippen LogP contribution in [0.3, 0.4) is 0 Å². The summed E-state index contributed by atoms with van der Waals surface area (Å²) in [6.45, 7) is 0.179. The van der Waals surface area contributed by atoms with E-state index in [-0.39, 0.29) is 18.2 Å². The van der Waals surface area contributed by atoms with E-state index in [0.717, 1.165) is 12.1 Å². The van der Waals surface area contributed by atoms with Crippen molar-refractivity contribution in [2.24, 2.45) is 15.7 Å².